The summed E-state index contributed by atoms with van der Waals surface area (Å²) < 4.78 is 0. The van der Waals surface area contributed by atoms with Gasteiger partial charge in [0, 0.05) is 52.1 Å². The molecule has 0 unspecified atom stereocenters. The Morgan fingerprint density at radius 2 is 1.15 bits per heavy atom. The molecule has 9 heteroatoms. The minimum absolute atomic E-state index is 0.0162. The molecular formula is C38H26N2O7. The number of carboxylic acid groups (broad SMARTS) is 1. The van der Waals surface area contributed by atoms with Crippen molar-refractivity contribution in [1.82, 2.24) is 10.6 Å². The summed E-state index contributed by atoms with van der Waals surface area (Å²) in [5.41, 5.74) is 3.21. The van der Waals surface area contributed by atoms with Crippen molar-refractivity contribution in [1.29, 1.82) is 0 Å². The van der Waals surface area contributed by atoms with Gasteiger partial charge < -0.3 is 15.7 Å². The molecule has 0 atom stereocenters. The van der Waals surface area contributed by atoms with Crippen LogP contribution in [0.3, 0.4) is 0 Å². The summed E-state index contributed by atoms with van der Waals surface area (Å²) in [6.45, 7) is 0.0354. The van der Waals surface area contributed by atoms with Crippen molar-refractivity contribution in [2.75, 3.05) is 6.54 Å². The number of rotatable bonds is 11. The first-order valence-electron chi connectivity index (χ1n) is 14.6. The van der Waals surface area contributed by atoms with Crippen molar-refractivity contribution >= 4 is 35.1 Å². The zero-order valence-electron chi connectivity index (χ0n) is 24.8. The molecule has 0 saturated carbocycles. The number of fused-ring (bicyclic) bond motifs is 2. The Labute approximate surface area is 268 Å². The molecule has 2 amide bonds. The van der Waals surface area contributed by atoms with Gasteiger partial charge in [0.15, 0.2) is 17.3 Å². The molecule has 6 rings (SSSR count). The Balaban J connectivity index is 1.11. The molecule has 9 nitrogen and oxygen atoms in total. The molecule has 0 fully saturated rings. The molecule has 2 bridgehead atoms. The molecule has 2 aliphatic carbocycles. The maximum atomic E-state index is 13.1. The van der Waals surface area contributed by atoms with E-state index >= 15 is 0 Å². The highest BCUT2D eigenvalue weighted by molar-refractivity contribution is 6.28. The minimum atomic E-state index is -1.34. The number of nitrogens with one attached hydrogen (secondary N) is 2. The first kappa shape index (κ1) is 30.5. The van der Waals surface area contributed by atoms with Crippen LogP contribution in [-0.4, -0.2) is 46.8 Å². The van der Waals surface area contributed by atoms with E-state index in [4.69, 9.17) is 0 Å². The van der Waals surface area contributed by atoms with Gasteiger partial charge in [-0.05, 0) is 41.5 Å². The number of allylic oxidation sites excluding steroid dienone is 4. The van der Waals surface area contributed by atoms with E-state index < -0.39 is 17.8 Å². The lowest BCUT2D eigenvalue weighted by Gasteiger charge is -2.12. The lowest BCUT2D eigenvalue weighted by Crippen LogP contribution is -2.28. The number of benzene rings is 4. The molecule has 2 aliphatic rings. The molecule has 47 heavy (non-hydrogen) atoms. The minimum Gasteiger partial charge on any atom is -0.478 e. The fourth-order valence-electron chi connectivity index (χ4n) is 5.41. The molecule has 0 heterocycles. The van der Waals surface area contributed by atoms with Crippen LogP contribution in [0.15, 0.2) is 138 Å². The van der Waals surface area contributed by atoms with Gasteiger partial charge in [0.1, 0.15) is 0 Å². The molecule has 0 radical (unpaired) electrons. The molecule has 0 aliphatic heterocycles. The van der Waals surface area contributed by atoms with Gasteiger partial charge in [0.05, 0.1) is 11.1 Å². The summed E-state index contributed by atoms with van der Waals surface area (Å²) in [7, 11) is 0. The van der Waals surface area contributed by atoms with E-state index in [9.17, 15) is 33.9 Å². The fourth-order valence-corrected chi connectivity index (χ4v) is 5.41. The normalized spacial score (nSPS) is 13.1. The number of hydrogen-bond donors (Lipinski definition) is 3. The van der Waals surface area contributed by atoms with Gasteiger partial charge in [0.25, 0.3) is 11.8 Å². The first-order chi connectivity index (χ1) is 22.7. The van der Waals surface area contributed by atoms with E-state index in [1.807, 2.05) is 6.07 Å². The molecule has 230 valence electrons. The standard InChI is InChI=1S/C38H26N2O7/c41-33(23-7-3-1-4-8-23)25-13-11-22(12-14-25)20-39-37(45)32-17-26(15-16-28(32)38(46)47)36(44)40-21-27-18-30-31(19-29(27)35(30)43)34(42)24-9-5-2-6-10-24/h1-19H,20-21H2,(H,39,45)(H,40,44)(H,46,47). The van der Waals surface area contributed by atoms with Crippen LogP contribution in [0.5, 0.6) is 0 Å². The van der Waals surface area contributed by atoms with Crippen LogP contribution in [0.1, 0.15) is 62.9 Å². The number of hydrogen-bond acceptors (Lipinski definition) is 6. The van der Waals surface area contributed by atoms with E-state index in [1.165, 1.54) is 24.3 Å². The highest BCUT2D eigenvalue weighted by atomic mass is 16.4. The summed E-state index contributed by atoms with van der Waals surface area (Å²) in [4.78, 5) is 76.4. The van der Waals surface area contributed by atoms with Crippen molar-refractivity contribution in [3.63, 3.8) is 0 Å². The third-order valence-electron chi connectivity index (χ3n) is 7.91. The van der Waals surface area contributed by atoms with Crippen LogP contribution in [-0.2, 0) is 11.3 Å². The third kappa shape index (κ3) is 6.23. The first-order valence-corrected chi connectivity index (χ1v) is 14.6. The summed E-state index contributed by atoms with van der Waals surface area (Å²) >= 11 is 0. The van der Waals surface area contributed by atoms with Gasteiger partial charge in [-0.25, -0.2) is 4.79 Å². The van der Waals surface area contributed by atoms with Gasteiger partial charge in [-0.1, -0.05) is 84.9 Å². The summed E-state index contributed by atoms with van der Waals surface area (Å²) in [5, 5.41) is 15.1. The van der Waals surface area contributed by atoms with Crippen molar-refractivity contribution in [3.8, 4) is 0 Å². The average molecular weight is 623 g/mol. The number of Topliss-reactive ketones (excluding diaryl/α,β-unsaturated/α-hetero) is 2. The second kappa shape index (κ2) is 12.9. The molecule has 4 aromatic rings. The fraction of sp³-hybridized carbons (Fsp3) is 0.0526. The maximum Gasteiger partial charge on any atom is 0.336 e. The number of carbonyl (C=O) groups excluding carboxylic acids is 5. The number of aromatic carboxylic acids is 1. The van der Waals surface area contributed by atoms with Crippen LogP contribution in [0.25, 0.3) is 0 Å². The summed E-state index contributed by atoms with van der Waals surface area (Å²) in [5.74, 6) is -3.30. The SMILES string of the molecule is O=C1C2=CC(C(=O)c3ccccc3)=C1C=C2CNC(=O)c1ccc(C(=O)O)c(C(=O)NCc2ccc(C(=O)c3ccccc3)cc2)c1. The predicted molar refractivity (Wildman–Crippen MR) is 172 cm³/mol. The zero-order valence-corrected chi connectivity index (χ0v) is 24.8. The van der Waals surface area contributed by atoms with E-state index in [1.54, 1.807) is 84.9 Å². The molecule has 0 aromatic heterocycles. The Morgan fingerprint density at radius 3 is 1.74 bits per heavy atom. The average Bonchev–Trinajstić information content (AvgIpc) is 3.60. The highest BCUT2D eigenvalue weighted by Crippen LogP contribution is 2.36. The Bertz CT molecular complexity index is 2070. The number of amides is 2. The number of carboxylic acids is 1. The maximum absolute atomic E-state index is 13.1. The molecular weight excluding hydrogens is 596 g/mol. The van der Waals surface area contributed by atoms with Crippen LogP contribution in [0.4, 0.5) is 0 Å². The Morgan fingerprint density at radius 1 is 0.574 bits per heavy atom. The largest absolute Gasteiger partial charge is 0.478 e. The second-order valence-corrected chi connectivity index (χ2v) is 10.9. The van der Waals surface area contributed by atoms with Gasteiger partial charge in [-0.2, -0.15) is 0 Å². The highest BCUT2D eigenvalue weighted by Gasteiger charge is 2.35. The van der Waals surface area contributed by atoms with Gasteiger partial charge >= 0.3 is 5.97 Å². The Kier molecular flexibility index (Phi) is 8.36. The molecule has 4 aromatic carbocycles. The van der Waals surface area contributed by atoms with E-state index in [0.717, 1.165) is 0 Å². The van der Waals surface area contributed by atoms with Crippen LogP contribution in [0.2, 0.25) is 0 Å². The molecule has 0 spiro atoms. The number of ketones is 3. The lowest BCUT2D eigenvalue weighted by molar-refractivity contribution is -0.111. The summed E-state index contributed by atoms with van der Waals surface area (Å²) in [6, 6.07) is 27.8. The van der Waals surface area contributed by atoms with Crippen molar-refractivity contribution < 1.29 is 33.9 Å². The monoisotopic (exact) mass is 622 g/mol. The van der Waals surface area contributed by atoms with E-state index in [2.05, 4.69) is 10.6 Å². The summed E-state index contributed by atoms with van der Waals surface area (Å²) in [6.07, 6.45) is 3.12. The van der Waals surface area contributed by atoms with Crippen molar-refractivity contribution in [3.05, 3.63) is 177 Å². The number of carbonyl (C=O) groups is 6. The van der Waals surface area contributed by atoms with Gasteiger partial charge in [0.2, 0.25) is 0 Å². The van der Waals surface area contributed by atoms with Crippen LogP contribution < -0.4 is 10.6 Å². The second-order valence-electron chi connectivity index (χ2n) is 10.9. The third-order valence-corrected chi connectivity index (χ3v) is 7.91. The lowest BCUT2D eigenvalue weighted by atomic mass is 9.98. The zero-order chi connectivity index (χ0) is 33.1. The molecule has 3 N–H and O–H groups in total. The quantitative estimate of drug-likeness (QED) is 0.202. The van der Waals surface area contributed by atoms with Crippen molar-refractivity contribution in [2.45, 2.75) is 6.54 Å². The topological polar surface area (TPSA) is 147 Å². The van der Waals surface area contributed by atoms with Gasteiger partial charge in [-0.3, -0.25) is 24.0 Å². The van der Waals surface area contributed by atoms with Crippen LogP contribution in [0, 0.1) is 0 Å². The van der Waals surface area contributed by atoms with Crippen LogP contribution >= 0.6 is 0 Å². The smallest absolute Gasteiger partial charge is 0.336 e. The van der Waals surface area contributed by atoms with E-state index in [-0.39, 0.29) is 52.7 Å². The van der Waals surface area contributed by atoms with E-state index in [0.29, 0.717) is 39.0 Å². The van der Waals surface area contributed by atoms with Crippen molar-refractivity contribution in [2.24, 2.45) is 0 Å². The Hall–Kier alpha value is -6.48. The predicted octanol–water partition coefficient (Wildman–Crippen LogP) is 4.90. The van der Waals surface area contributed by atoms with Gasteiger partial charge in [-0.15, -0.1) is 0 Å². The molecule has 0 saturated heterocycles.